The quantitative estimate of drug-likeness (QED) is 0.0329. The van der Waals surface area contributed by atoms with Gasteiger partial charge in [-0.1, -0.05) is 226 Å². The highest BCUT2D eigenvalue weighted by Gasteiger charge is 2.18. The molecule has 414 valence electrons. The van der Waals surface area contributed by atoms with Gasteiger partial charge in [-0.15, -0.1) is 70.6 Å². The Morgan fingerprint density at radius 1 is 0.311 bits per heavy atom. The fraction of sp³-hybridized carbons (Fsp3) is 0.667. The van der Waals surface area contributed by atoms with Crippen molar-refractivity contribution in [1.29, 1.82) is 0 Å². The maximum atomic E-state index is 5.22. The summed E-state index contributed by atoms with van der Waals surface area (Å²) < 4.78 is 0. The first-order valence-corrected chi connectivity index (χ1v) is 35.9. The van der Waals surface area contributed by atoms with Gasteiger partial charge in [-0.3, -0.25) is 0 Å². The summed E-state index contributed by atoms with van der Waals surface area (Å²) in [5.41, 5.74) is 3.10. The second-order valence-corrected chi connectivity index (χ2v) is 26.9. The second kappa shape index (κ2) is 43.3. The standard InChI is InChI=1S/C63H101N5S6/c1-7-13-19-25-34-42-69-55-48-53(49-56(70-43-35-26-20-14-8-2)59(55)73-46-38-29-23-17-11-5)64-62-66-61(52-40-32-31-33-41-52)67-63(68-62)65-54-50-57(71-44-36-27-21-15-9-3)60(74-47-39-30-24-18-12-6)58(51-54)72-45-37-28-22-16-10-4/h31-33,40-41,48-51H,7-30,34-39,42-47H2,1-6H3,(H2,64,65,66,67,68). The smallest absolute Gasteiger partial charge is 0.232 e. The molecular formula is C63H101N5S6. The fourth-order valence-corrected chi connectivity index (χ4v) is 16.3. The van der Waals surface area contributed by atoms with Gasteiger partial charge in [0, 0.05) is 46.3 Å². The van der Waals surface area contributed by atoms with E-state index < -0.39 is 0 Å². The van der Waals surface area contributed by atoms with Crippen LogP contribution in [0.15, 0.2) is 84.0 Å². The molecule has 4 rings (SSSR count). The molecule has 0 saturated heterocycles. The molecule has 74 heavy (non-hydrogen) atoms. The molecule has 1 heterocycles. The van der Waals surface area contributed by atoms with Gasteiger partial charge >= 0.3 is 0 Å². The van der Waals surface area contributed by atoms with Crippen molar-refractivity contribution in [3.8, 4) is 11.4 Å². The van der Waals surface area contributed by atoms with Gasteiger partial charge < -0.3 is 10.6 Å². The minimum atomic E-state index is 0.572. The number of rotatable bonds is 47. The number of anilines is 4. The van der Waals surface area contributed by atoms with Crippen LogP contribution in [0.25, 0.3) is 11.4 Å². The first-order chi connectivity index (χ1) is 36.5. The summed E-state index contributed by atoms with van der Waals surface area (Å²) in [6.45, 7) is 13.9. The highest BCUT2D eigenvalue weighted by molar-refractivity contribution is 8.04. The van der Waals surface area contributed by atoms with E-state index in [0.717, 1.165) is 39.9 Å². The fourth-order valence-electron chi connectivity index (χ4n) is 8.78. The minimum Gasteiger partial charge on any atom is -0.324 e. The summed E-state index contributed by atoms with van der Waals surface area (Å²) in [6, 6.07) is 20.0. The number of aromatic nitrogens is 3. The van der Waals surface area contributed by atoms with Gasteiger partial charge in [-0.2, -0.15) is 15.0 Å². The van der Waals surface area contributed by atoms with E-state index >= 15 is 0 Å². The highest BCUT2D eigenvalue weighted by Crippen LogP contribution is 2.45. The number of benzene rings is 3. The molecule has 0 saturated carbocycles. The average molecular weight is 1120 g/mol. The number of hydrogen-bond donors (Lipinski definition) is 2. The van der Waals surface area contributed by atoms with Crippen molar-refractivity contribution in [3.05, 3.63) is 54.6 Å². The normalized spacial score (nSPS) is 11.5. The predicted octanol–water partition coefficient (Wildman–Crippen LogP) is 23.4. The third-order valence-electron chi connectivity index (χ3n) is 13.2. The van der Waals surface area contributed by atoms with Gasteiger partial charge in [-0.25, -0.2) is 0 Å². The Balaban J connectivity index is 1.75. The lowest BCUT2D eigenvalue weighted by atomic mass is 10.2. The number of thioether (sulfide) groups is 6. The molecule has 0 bridgehead atoms. The highest BCUT2D eigenvalue weighted by atomic mass is 32.2. The first-order valence-electron chi connectivity index (χ1n) is 30.0. The Morgan fingerprint density at radius 3 is 0.865 bits per heavy atom. The van der Waals surface area contributed by atoms with Crippen LogP contribution in [0.1, 0.15) is 234 Å². The summed E-state index contributed by atoms with van der Waals surface area (Å²) >= 11 is 12.4. The van der Waals surface area contributed by atoms with E-state index in [0.29, 0.717) is 17.7 Å². The molecule has 1 aromatic heterocycles. The Bertz CT molecular complexity index is 1820. The molecule has 5 nitrogen and oxygen atoms in total. The van der Waals surface area contributed by atoms with Crippen LogP contribution in [0.4, 0.5) is 23.3 Å². The van der Waals surface area contributed by atoms with Gasteiger partial charge in [0.05, 0.1) is 0 Å². The lowest BCUT2D eigenvalue weighted by molar-refractivity contribution is 0.658. The molecule has 0 spiro atoms. The maximum absolute atomic E-state index is 5.22. The molecule has 0 fully saturated rings. The Morgan fingerprint density at radius 2 is 0.581 bits per heavy atom. The molecule has 0 aliphatic carbocycles. The lowest BCUT2D eigenvalue weighted by Crippen LogP contribution is -2.06. The summed E-state index contributed by atoms with van der Waals surface area (Å²) in [5.74, 6) is 8.73. The van der Waals surface area contributed by atoms with Crippen LogP contribution in [0.2, 0.25) is 0 Å². The molecule has 11 heteroatoms. The van der Waals surface area contributed by atoms with E-state index in [1.54, 1.807) is 0 Å². The molecule has 0 aliphatic heterocycles. The molecule has 0 amide bonds. The number of unbranched alkanes of at least 4 members (excludes halogenated alkanes) is 24. The van der Waals surface area contributed by atoms with Crippen molar-refractivity contribution in [2.45, 2.75) is 264 Å². The van der Waals surface area contributed by atoms with Gasteiger partial charge in [0.25, 0.3) is 0 Å². The van der Waals surface area contributed by atoms with Crippen molar-refractivity contribution in [1.82, 2.24) is 15.0 Å². The third kappa shape index (κ3) is 27.8. The molecule has 0 unspecified atom stereocenters. The first kappa shape index (κ1) is 64.9. The zero-order valence-electron chi connectivity index (χ0n) is 47.4. The zero-order chi connectivity index (χ0) is 52.5. The molecule has 0 atom stereocenters. The van der Waals surface area contributed by atoms with Crippen LogP contribution in [0, 0.1) is 0 Å². The van der Waals surface area contributed by atoms with E-state index in [9.17, 15) is 0 Å². The summed E-state index contributed by atoms with van der Waals surface area (Å²) in [6.07, 6.45) is 39.1. The zero-order valence-corrected chi connectivity index (χ0v) is 52.3. The molecule has 0 radical (unpaired) electrons. The average Bonchev–Trinajstić information content (AvgIpc) is 3.41. The lowest BCUT2D eigenvalue weighted by Gasteiger charge is -2.18. The monoisotopic (exact) mass is 1120 g/mol. The Labute approximate surface area is 479 Å². The van der Waals surface area contributed by atoms with Crippen LogP contribution >= 0.6 is 70.6 Å². The second-order valence-electron chi connectivity index (χ2n) is 20.1. The number of nitrogens with one attached hydrogen (secondary N) is 2. The van der Waals surface area contributed by atoms with Crippen molar-refractivity contribution >= 4 is 93.8 Å². The van der Waals surface area contributed by atoms with Gasteiger partial charge in [-0.05, 0) is 97.3 Å². The third-order valence-corrected chi connectivity index (χ3v) is 20.7. The summed E-state index contributed by atoms with van der Waals surface area (Å²) in [4.78, 5) is 24.1. The topological polar surface area (TPSA) is 62.7 Å². The van der Waals surface area contributed by atoms with Crippen molar-refractivity contribution in [2.24, 2.45) is 0 Å². The van der Waals surface area contributed by atoms with E-state index in [-0.39, 0.29) is 0 Å². The molecule has 4 aromatic rings. The maximum Gasteiger partial charge on any atom is 0.232 e. The SMILES string of the molecule is CCCCCCCSc1cc(Nc2nc(Nc3cc(SCCCCCCC)c(SCCCCCCC)c(SCCCCCCC)c3)nc(-c3ccccc3)n2)cc(SCCCCCCC)c1SCCCCCCC. The van der Waals surface area contributed by atoms with E-state index in [1.807, 2.05) is 0 Å². The summed E-state index contributed by atoms with van der Waals surface area (Å²) in [7, 11) is 0. The van der Waals surface area contributed by atoms with Gasteiger partial charge in [0.2, 0.25) is 11.9 Å². The predicted molar refractivity (Wildman–Crippen MR) is 342 cm³/mol. The Hall–Kier alpha value is -1.63. The Kier molecular flexibility index (Phi) is 37.9. The molecule has 2 N–H and O–H groups in total. The largest absolute Gasteiger partial charge is 0.324 e. The number of nitrogens with zero attached hydrogens (tertiary/aromatic N) is 3. The van der Waals surface area contributed by atoms with Gasteiger partial charge in [0.1, 0.15) is 0 Å². The molecule has 3 aromatic carbocycles. The number of hydrogen-bond acceptors (Lipinski definition) is 11. The van der Waals surface area contributed by atoms with Gasteiger partial charge in [0.15, 0.2) is 5.82 Å². The van der Waals surface area contributed by atoms with Crippen LogP contribution in [-0.2, 0) is 0 Å². The van der Waals surface area contributed by atoms with E-state index in [1.165, 1.54) is 234 Å². The van der Waals surface area contributed by atoms with Crippen molar-refractivity contribution in [3.63, 3.8) is 0 Å². The van der Waals surface area contributed by atoms with Crippen LogP contribution in [-0.4, -0.2) is 49.5 Å². The van der Waals surface area contributed by atoms with Crippen molar-refractivity contribution < 1.29 is 0 Å². The van der Waals surface area contributed by atoms with Crippen LogP contribution < -0.4 is 10.6 Å². The van der Waals surface area contributed by atoms with Crippen LogP contribution in [0.3, 0.4) is 0 Å². The van der Waals surface area contributed by atoms with E-state index in [2.05, 4.69) is 177 Å². The molecular weight excluding hydrogens is 1020 g/mol. The summed E-state index contributed by atoms with van der Waals surface area (Å²) in [5, 5.41) is 7.59. The van der Waals surface area contributed by atoms with Crippen LogP contribution in [0.5, 0.6) is 0 Å². The molecule has 0 aliphatic rings. The minimum absolute atomic E-state index is 0.572. The van der Waals surface area contributed by atoms with Crippen molar-refractivity contribution in [2.75, 3.05) is 45.2 Å². The van der Waals surface area contributed by atoms with E-state index in [4.69, 9.17) is 15.0 Å².